The first-order valence-corrected chi connectivity index (χ1v) is 4.30. The van der Waals surface area contributed by atoms with Gasteiger partial charge in [-0.3, -0.25) is 0 Å². The second-order valence-electron chi connectivity index (χ2n) is 3.46. The van der Waals surface area contributed by atoms with Crippen LogP contribution in [0.3, 0.4) is 0 Å². The van der Waals surface area contributed by atoms with E-state index in [0.717, 1.165) is 11.1 Å². The number of nitrogens with two attached hydrogens (primary N) is 1. The van der Waals surface area contributed by atoms with Crippen molar-refractivity contribution < 1.29 is 8.78 Å². The molecule has 70 valence electrons. The van der Waals surface area contributed by atoms with E-state index in [0.29, 0.717) is 6.54 Å². The molecule has 13 heavy (non-hydrogen) atoms. The maximum Gasteiger partial charge on any atom is 0.255 e. The first-order valence-electron chi connectivity index (χ1n) is 4.30. The second kappa shape index (κ2) is 2.77. The van der Waals surface area contributed by atoms with Crippen LogP contribution >= 0.6 is 0 Å². The Morgan fingerprint density at radius 3 is 2.23 bits per heavy atom. The van der Waals surface area contributed by atoms with Crippen LogP contribution in [0.15, 0.2) is 24.3 Å². The summed E-state index contributed by atoms with van der Waals surface area (Å²) in [4.78, 5) is 0. The molecule has 0 amide bonds. The highest BCUT2D eigenvalue weighted by Crippen LogP contribution is 2.55. The molecule has 0 radical (unpaired) electrons. The normalized spacial score (nSPS) is 24.4. The molecule has 1 nitrogen and oxygen atoms in total. The monoisotopic (exact) mass is 183 g/mol. The van der Waals surface area contributed by atoms with Gasteiger partial charge in [0.25, 0.3) is 5.92 Å². The summed E-state index contributed by atoms with van der Waals surface area (Å²) in [6, 6.07) is 7.11. The summed E-state index contributed by atoms with van der Waals surface area (Å²) in [5.74, 6) is -3.02. The topological polar surface area (TPSA) is 26.0 Å². The van der Waals surface area contributed by atoms with E-state index in [1.165, 1.54) is 0 Å². The molecule has 0 aliphatic heterocycles. The molecule has 1 saturated carbocycles. The van der Waals surface area contributed by atoms with Gasteiger partial charge in [-0.2, -0.15) is 0 Å². The number of halogens is 2. The summed E-state index contributed by atoms with van der Waals surface area (Å²) in [7, 11) is 0. The third-order valence-electron chi connectivity index (χ3n) is 2.44. The van der Waals surface area contributed by atoms with E-state index < -0.39 is 11.8 Å². The Morgan fingerprint density at radius 2 is 1.85 bits per heavy atom. The van der Waals surface area contributed by atoms with Crippen LogP contribution in [0.2, 0.25) is 0 Å². The summed E-state index contributed by atoms with van der Waals surface area (Å²) < 4.78 is 25.3. The zero-order valence-electron chi connectivity index (χ0n) is 7.13. The molecule has 2 N–H and O–H groups in total. The highest BCUT2D eigenvalue weighted by Gasteiger charge is 2.57. The molecule has 1 atom stereocenters. The van der Waals surface area contributed by atoms with Gasteiger partial charge in [-0.25, -0.2) is 8.78 Å². The zero-order chi connectivity index (χ0) is 9.47. The lowest BCUT2D eigenvalue weighted by Crippen LogP contribution is -1.97. The maximum atomic E-state index is 12.6. The standard InChI is InChI=1S/C10H11F2N/c11-10(12)5-9(10)8-3-1-7(6-13)2-4-8/h1-4,9H,5-6,13H2. The lowest BCUT2D eigenvalue weighted by molar-refractivity contribution is 0.112. The molecule has 2 rings (SSSR count). The van der Waals surface area contributed by atoms with Crippen LogP contribution in [0.1, 0.15) is 23.5 Å². The molecular formula is C10H11F2N. The van der Waals surface area contributed by atoms with E-state index in [-0.39, 0.29) is 6.42 Å². The van der Waals surface area contributed by atoms with Gasteiger partial charge in [0.1, 0.15) is 0 Å². The lowest BCUT2D eigenvalue weighted by atomic mass is 10.1. The molecule has 1 unspecified atom stereocenters. The van der Waals surface area contributed by atoms with E-state index in [2.05, 4.69) is 0 Å². The summed E-state index contributed by atoms with van der Waals surface area (Å²) in [5.41, 5.74) is 7.10. The molecule has 1 aromatic carbocycles. The van der Waals surface area contributed by atoms with E-state index in [4.69, 9.17) is 5.73 Å². The summed E-state index contributed by atoms with van der Waals surface area (Å²) in [6.45, 7) is 0.460. The van der Waals surface area contributed by atoms with Gasteiger partial charge in [0.2, 0.25) is 0 Å². The molecule has 1 aliphatic carbocycles. The van der Waals surface area contributed by atoms with Gasteiger partial charge in [-0.1, -0.05) is 24.3 Å². The van der Waals surface area contributed by atoms with Crippen molar-refractivity contribution >= 4 is 0 Å². The van der Waals surface area contributed by atoms with Crippen LogP contribution < -0.4 is 5.73 Å². The summed E-state index contributed by atoms with van der Waals surface area (Å²) in [5, 5.41) is 0. The molecular weight excluding hydrogens is 172 g/mol. The third kappa shape index (κ3) is 1.56. The van der Waals surface area contributed by atoms with Crippen molar-refractivity contribution in [1.82, 2.24) is 0 Å². The molecule has 1 aliphatic rings. The fourth-order valence-electron chi connectivity index (χ4n) is 1.46. The van der Waals surface area contributed by atoms with Crippen LogP contribution in [-0.4, -0.2) is 5.92 Å². The van der Waals surface area contributed by atoms with Gasteiger partial charge in [-0.15, -0.1) is 0 Å². The molecule has 3 heteroatoms. The number of alkyl halides is 2. The van der Waals surface area contributed by atoms with Crippen molar-refractivity contribution in [3.63, 3.8) is 0 Å². The lowest BCUT2D eigenvalue weighted by Gasteiger charge is -2.00. The Kier molecular flexibility index (Phi) is 1.84. The Bertz CT molecular complexity index is 305. The van der Waals surface area contributed by atoms with Crippen molar-refractivity contribution in [3.8, 4) is 0 Å². The van der Waals surface area contributed by atoms with Crippen molar-refractivity contribution in [3.05, 3.63) is 35.4 Å². The van der Waals surface area contributed by atoms with Gasteiger partial charge in [0, 0.05) is 13.0 Å². The smallest absolute Gasteiger partial charge is 0.255 e. The second-order valence-corrected chi connectivity index (χ2v) is 3.46. The molecule has 0 spiro atoms. The number of rotatable bonds is 2. The van der Waals surface area contributed by atoms with Gasteiger partial charge in [-0.05, 0) is 11.1 Å². The number of benzene rings is 1. The van der Waals surface area contributed by atoms with Crippen LogP contribution in [0.25, 0.3) is 0 Å². The minimum absolute atomic E-state index is 0.00499. The van der Waals surface area contributed by atoms with Crippen molar-refractivity contribution in [2.45, 2.75) is 24.8 Å². The highest BCUT2D eigenvalue weighted by atomic mass is 19.3. The maximum absolute atomic E-state index is 12.6. The van der Waals surface area contributed by atoms with Gasteiger partial charge in [0.05, 0.1) is 5.92 Å². The minimum Gasteiger partial charge on any atom is -0.326 e. The predicted octanol–water partition coefficient (Wildman–Crippen LogP) is 2.27. The van der Waals surface area contributed by atoms with Crippen molar-refractivity contribution in [1.29, 1.82) is 0 Å². The Hall–Kier alpha value is -0.960. The molecule has 1 aromatic rings. The average molecular weight is 183 g/mol. The quantitative estimate of drug-likeness (QED) is 0.747. The zero-order valence-corrected chi connectivity index (χ0v) is 7.13. The first kappa shape index (κ1) is 8.63. The Balaban J connectivity index is 2.16. The van der Waals surface area contributed by atoms with Crippen LogP contribution in [-0.2, 0) is 6.54 Å². The van der Waals surface area contributed by atoms with E-state index in [1.54, 1.807) is 12.1 Å². The Labute approximate surface area is 75.6 Å². The predicted molar refractivity (Wildman–Crippen MR) is 46.6 cm³/mol. The third-order valence-corrected chi connectivity index (χ3v) is 2.44. The fraction of sp³-hybridized carbons (Fsp3) is 0.400. The fourth-order valence-corrected chi connectivity index (χ4v) is 1.46. The van der Waals surface area contributed by atoms with Crippen LogP contribution in [0, 0.1) is 0 Å². The Morgan fingerprint density at radius 1 is 1.31 bits per heavy atom. The summed E-state index contributed by atoms with van der Waals surface area (Å²) >= 11 is 0. The van der Waals surface area contributed by atoms with Crippen LogP contribution in [0.5, 0.6) is 0 Å². The van der Waals surface area contributed by atoms with Crippen molar-refractivity contribution in [2.75, 3.05) is 0 Å². The first-order chi connectivity index (χ1) is 6.13. The average Bonchev–Trinajstić information content (AvgIpc) is 2.76. The van der Waals surface area contributed by atoms with Gasteiger partial charge < -0.3 is 5.73 Å². The van der Waals surface area contributed by atoms with E-state index >= 15 is 0 Å². The molecule has 0 saturated heterocycles. The van der Waals surface area contributed by atoms with Crippen LogP contribution in [0.4, 0.5) is 8.78 Å². The number of hydrogen-bond acceptors (Lipinski definition) is 1. The molecule has 1 fully saturated rings. The number of hydrogen-bond donors (Lipinski definition) is 1. The van der Waals surface area contributed by atoms with Crippen molar-refractivity contribution in [2.24, 2.45) is 5.73 Å². The highest BCUT2D eigenvalue weighted by molar-refractivity contribution is 5.31. The van der Waals surface area contributed by atoms with Gasteiger partial charge in [0.15, 0.2) is 0 Å². The molecule has 0 bridgehead atoms. The van der Waals surface area contributed by atoms with E-state index in [9.17, 15) is 8.78 Å². The summed E-state index contributed by atoms with van der Waals surface area (Å²) in [6.07, 6.45) is -0.00499. The largest absolute Gasteiger partial charge is 0.326 e. The SMILES string of the molecule is NCc1ccc(C2CC2(F)F)cc1. The van der Waals surface area contributed by atoms with E-state index in [1.807, 2.05) is 12.1 Å². The minimum atomic E-state index is -2.47. The van der Waals surface area contributed by atoms with Gasteiger partial charge >= 0.3 is 0 Å². The molecule has 0 heterocycles. The molecule has 0 aromatic heterocycles.